The number of aromatic nitrogens is 1. The maximum atomic E-state index is 12.4. The number of piperazine rings is 1. The number of hydrogen-bond donors (Lipinski definition) is 4. The molecule has 2 heterocycles. The normalized spacial score (nSPS) is 20.2. The third-order valence-electron chi connectivity index (χ3n) is 4.66. The molecular weight excluding hydrogens is 346 g/mol. The summed E-state index contributed by atoms with van der Waals surface area (Å²) in [5, 5.41) is 8.56. The van der Waals surface area contributed by atoms with Gasteiger partial charge in [0, 0.05) is 32.4 Å². The number of nitrogens with one attached hydrogen (secondary N) is 4. The highest BCUT2D eigenvalue weighted by molar-refractivity contribution is 6.33. The number of pyridine rings is 1. The number of H-pyrrole nitrogens is 1. The smallest absolute Gasteiger partial charge is 0.269 e. The summed E-state index contributed by atoms with van der Waals surface area (Å²) in [4.78, 5) is 40.8. The number of likely N-dealkylation sites (N-methyl/N-ethyl adjacent to an activating group) is 1. The molecule has 0 radical (unpaired) electrons. The van der Waals surface area contributed by atoms with Gasteiger partial charge >= 0.3 is 0 Å². The summed E-state index contributed by atoms with van der Waals surface area (Å²) in [7, 11) is 1.59. The number of aromatic amines is 1. The average Bonchev–Trinajstić information content (AvgIpc) is 3.06. The summed E-state index contributed by atoms with van der Waals surface area (Å²) in [6.45, 7) is 1.90. The van der Waals surface area contributed by atoms with Gasteiger partial charge < -0.3 is 20.9 Å². The number of carbonyl (C=O) groups excluding carboxylic acids is 2. The van der Waals surface area contributed by atoms with Crippen LogP contribution in [0.25, 0.3) is 0 Å². The van der Waals surface area contributed by atoms with Crippen molar-refractivity contribution in [2.75, 3.05) is 38.5 Å². The Morgan fingerprint density at radius 1 is 1.36 bits per heavy atom. The van der Waals surface area contributed by atoms with Crippen LogP contribution in [0.3, 0.4) is 0 Å². The van der Waals surface area contributed by atoms with Gasteiger partial charge in [-0.3, -0.25) is 19.3 Å². The van der Waals surface area contributed by atoms with Crippen molar-refractivity contribution in [3.63, 3.8) is 0 Å². The molecule has 0 aromatic carbocycles. The van der Waals surface area contributed by atoms with E-state index in [-0.39, 0.29) is 35.0 Å². The Bertz CT molecular complexity index is 748. The highest BCUT2D eigenvalue weighted by Crippen LogP contribution is 2.30. The first-order chi connectivity index (χ1) is 12.0. The quantitative estimate of drug-likeness (QED) is 0.572. The number of hydrogen-bond acceptors (Lipinski definition) is 5. The summed E-state index contributed by atoms with van der Waals surface area (Å²) in [5.41, 5.74) is 1.83. The van der Waals surface area contributed by atoms with Gasteiger partial charge in [0.1, 0.15) is 5.02 Å². The fourth-order valence-electron chi connectivity index (χ4n) is 3.41. The van der Waals surface area contributed by atoms with Crippen LogP contribution in [0, 0.1) is 0 Å². The summed E-state index contributed by atoms with van der Waals surface area (Å²) in [6, 6.07) is -0.334. The van der Waals surface area contributed by atoms with Crippen LogP contribution in [0.1, 0.15) is 17.7 Å². The molecule has 1 saturated heterocycles. The van der Waals surface area contributed by atoms with E-state index in [0.717, 1.165) is 30.5 Å². The second-order valence-electron chi connectivity index (χ2n) is 6.36. The highest BCUT2D eigenvalue weighted by atomic mass is 35.5. The zero-order valence-corrected chi connectivity index (χ0v) is 14.8. The minimum absolute atomic E-state index is 0.0255. The van der Waals surface area contributed by atoms with Gasteiger partial charge in [-0.25, -0.2) is 0 Å². The number of halogens is 1. The van der Waals surface area contributed by atoms with E-state index in [0.29, 0.717) is 25.3 Å². The molecule has 0 spiro atoms. The Hall–Kier alpha value is -1.90. The Labute approximate surface area is 150 Å². The Kier molecular flexibility index (Phi) is 5.41. The van der Waals surface area contributed by atoms with Gasteiger partial charge in [0.2, 0.25) is 11.8 Å². The molecule has 1 aromatic heterocycles. The van der Waals surface area contributed by atoms with Crippen molar-refractivity contribution in [1.82, 2.24) is 20.5 Å². The predicted molar refractivity (Wildman–Crippen MR) is 95.0 cm³/mol. The van der Waals surface area contributed by atoms with E-state index < -0.39 is 0 Å². The molecule has 1 atom stereocenters. The predicted octanol–water partition coefficient (Wildman–Crippen LogP) is -0.525. The third kappa shape index (κ3) is 3.86. The highest BCUT2D eigenvalue weighted by Gasteiger charge is 2.27. The first-order valence-corrected chi connectivity index (χ1v) is 8.78. The van der Waals surface area contributed by atoms with Crippen molar-refractivity contribution >= 4 is 29.1 Å². The van der Waals surface area contributed by atoms with E-state index in [2.05, 4.69) is 20.9 Å². The molecule has 1 unspecified atom stereocenters. The summed E-state index contributed by atoms with van der Waals surface area (Å²) < 4.78 is 0. The number of nitrogens with zero attached hydrogens (tertiary/aromatic N) is 1. The molecule has 4 N–H and O–H groups in total. The van der Waals surface area contributed by atoms with Crippen LogP contribution >= 0.6 is 11.6 Å². The lowest BCUT2D eigenvalue weighted by Crippen LogP contribution is -2.57. The van der Waals surface area contributed by atoms with Crippen molar-refractivity contribution in [2.45, 2.75) is 25.3 Å². The number of rotatable bonds is 4. The van der Waals surface area contributed by atoms with Crippen LogP contribution in [-0.2, 0) is 22.4 Å². The molecular formula is C16H22ClN5O3. The lowest BCUT2D eigenvalue weighted by Gasteiger charge is -2.32. The molecule has 0 bridgehead atoms. The number of anilines is 1. The van der Waals surface area contributed by atoms with Crippen LogP contribution in [-0.4, -0.2) is 61.0 Å². The van der Waals surface area contributed by atoms with Gasteiger partial charge in [-0.1, -0.05) is 11.6 Å². The van der Waals surface area contributed by atoms with E-state index in [1.807, 2.05) is 4.90 Å². The Morgan fingerprint density at radius 3 is 2.92 bits per heavy atom. The molecule has 8 nitrogen and oxygen atoms in total. The standard InChI is InChI=1S/C16H22ClN5O3/c1-18-15(24)11-7-22(6-5-19-11)8-12(23)21-14-9-3-2-4-10(9)20-16(25)13(14)17/h11,19H,2-8H2,1H3,(H,18,24)(H2,20,21,23,25). The maximum Gasteiger partial charge on any atom is 0.269 e. The van der Waals surface area contributed by atoms with Gasteiger partial charge in [0.25, 0.3) is 5.56 Å². The van der Waals surface area contributed by atoms with Gasteiger partial charge in [-0.15, -0.1) is 0 Å². The summed E-state index contributed by atoms with van der Waals surface area (Å²) in [6.07, 6.45) is 2.50. The molecule has 9 heteroatoms. The molecule has 2 amide bonds. The van der Waals surface area contributed by atoms with E-state index in [1.54, 1.807) is 7.05 Å². The Morgan fingerprint density at radius 2 is 2.16 bits per heavy atom. The third-order valence-corrected chi connectivity index (χ3v) is 5.02. The van der Waals surface area contributed by atoms with Crippen molar-refractivity contribution in [2.24, 2.45) is 0 Å². The average molecular weight is 368 g/mol. The molecule has 1 aliphatic carbocycles. The van der Waals surface area contributed by atoms with E-state index >= 15 is 0 Å². The monoisotopic (exact) mass is 367 g/mol. The fourth-order valence-corrected chi connectivity index (χ4v) is 3.62. The summed E-state index contributed by atoms with van der Waals surface area (Å²) >= 11 is 6.11. The number of amides is 2. The van der Waals surface area contributed by atoms with E-state index in [1.165, 1.54) is 0 Å². The second kappa shape index (κ2) is 7.55. The molecule has 136 valence electrons. The van der Waals surface area contributed by atoms with Gasteiger partial charge in [0.05, 0.1) is 18.3 Å². The SMILES string of the molecule is CNC(=O)C1CN(CC(=O)Nc2c3c([nH]c(=O)c2Cl)CCC3)CCN1. The van der Waals surface area contributed by atoms with Gasteiger partial charge in [-0.2, -0.15) is 0 Å². The summed E-state index contributed by atoms with van der Waals surface area (Å²) in [5.74, 6) is -0.334. The minimum Gasteiger partial charge on any atom is -0.358 e. The largest absolute Gasteiger partial charge is 0.358 e. The molecule has 3 rings (SSSR count). The van der Waals surface area contributed by atoms with E-state index in [4.69, 9.17) is 11.6 Å². The minimum atomic E-state index is -0.375. The van der Waals surface area contributed by atoms with Crippen molar-refractivity contribution in [3.8, 4) is 0 Å². The molecule has 1 aliphatic heterocycles. The Balaban J connectivity index is 1.68. The molecule has 1 fully saturated rings. The van der Waals surface area contributed by atoms with Crippen molar-refractivity contribution < 1.29 is 9.59 Å². The molecule has 1 aromatic rings. The number of aryl methyl sites for hydroxylation is 1. The lowest BCUT2D eigenvalue weighted by atomic mass is 10.1. The molecule has 25 heavy (non-hydrogen) atoms. The van der Waals surface area contributed by atoms with Gasteiger partial charge in [0.15, 0.2) is 0 Å². The van der Waals surface area contributed by atoms with Crippen LogP contribution < -0.4 is 21.5 Å². The molecule has 2 aliphatic rings. The van der Waals surface area contributed by atoms with Crippen LogP contribution in [0.15, 0.2) is 4.79 Å². The van der Waals surface area contributed by atoms with Crippen molar-refractivity contribution in [3.05, 3.63) is 26.6 Å². The van der Waals surface area contributed by atoms with Crippen LogP contribution in [0.4, 0.5) is 5.69 Å². The zero-order valence-electron chi connectivity index (χ0n) is 14.1. The lowest BCUT2D eigenvalue weighted by molar-refractivity contribution is -0.125. The first-order valence-electron chi connectivity index (χ1n) is 8.40. The number of fused-ring (bicyclic) bond motifs is 1. The van der Waals surface area contributed by atoms with E-state index in [9.17, 15) is 14.4 Å². The molecule has 0 saturated carbocycles. The van der Waals surface area contributed by atoms with Crippen LogP contribution in [0.5, 0.6) is 0 Å². The first kappa shape index (κ1) is 17.9. The van der Waals surface area contributed by atoms with Crippen molar-refractivity contribution in [1.29, 1.82) is 0 Å². The fraction of sp³-hybridized carbons (Fsp3) is 0.562. The second-order valence-corrected chi connectivity index (χ2v) is 6.74. The number of carbonyl (C=O) groups is 2. The van der Waals surface area contributed by atoms with Crippen LogP contribution in [0.2, 0.25) is 5.02 Å². The van der Waals surface area contributed by atoms with Gasteiger partial charge in [-0.05, 0) is 24.8 Å². The maximum absolute atomic E-state index is 12.4. The zero-order chi connectivity index (χ0) is 18.0. The topological polar surface area (TPSA) is 106 Å².